The Morgan fingerprint density at radius 3 is 2.39 bits per heavy atom. The van der Waals surface area contributed by atoms with E-state index in [0.29, 0.717) is 12.2 Å². The third kappa shape index (κ3) is 4.22. The molecule has 1 saturated carbocycles. The van der Waals surface area contributed by atoms with Gasteiger partial charge in [0, 0.05) is 25.7 Å². The highest BCUT2D eigenvalue weighted by molar-refractivity contribution is 4.87. The van der Waals surface area contributed by atoms with Crippen LogP contribution in [0.15, 0.2) is 0 Å². The van der Waals surface area contributed by atoms with Crippen LogP contribution in [0.1, 0.15) is 46.5 Å². The Morgan fingerprint density at radius 1 is 1.17 bits per heavy atom. The quantitative estimate of drug-likeness (QED) is 0.787. The Labute approximate surface area is 112 Å². The maximum absolute atomic E-state index is 6.19. The van der Waals surface area contributed by atoms with Crippen LogP contribution in [0.25, 0.3) is 0 Å². The van der Waals surface area contributed by atoms with Crippen LogP contribution in [0.5, 0.6) is 0 Å². The molecule has 0 atom stereocenters. The summed E-state index contributed by atoms with van der Waals surface area (Å²) in [7, 11) is 0. The van der Waals surface area contributed by atoms with E-state index in [4.69, 9.17) is 4.74 Å². The number of ether oxygens (including phenoxy) is 1. The van der Waals surface area contributed by atoms with Gasteiger partial charge in [-0.25, -0.2) is 0 Å². The second-order valence-electron chi connectivity index (χ2n) is 6.38. The highest BCUT2D eigenvalue weighted by Gasteiger charge is 2.32. The average molecular weight is 254 g/mol. The maximum Gasteiger partial charge on any atom is 0.0608 e. The molecule has 3 heteroatoms. The lowest BCUT2D eigenvalue weighted by atomic mass is 9.89. The van der Waals surface area contributed by atoms with Crippen molar-refractivity contribution in [3.8, 4) is 0 Å². The largest absolute Gasteiger partial charge is 0.375 e. The molecule has 0 bridgehead atoms. The number of nitrogens with one attached hydrogen (secondary N) is 1. The standard InChI is InChI=1S/C15H30N2O/c1-4-16-13-9-15(10-13)18-14-5-7-17(8-6-14)11-12(2)3/h12-16H,4-11H2,1-3H3/t13-,15-. The predicted molar refractivity (Wildman–Crippen MR) is 75.9 cm³/mol. The smallest absolute Gasteiger partial charge is 0.0608 e. The number of likely N-dealkylation sites (tertiary alicyclic amines) is 1. The van der Waals surface area contributed by atoms with Gasteiger partial charge in [0.2, 0.25) is 0 Å². The number of hydrogen-bond donors (Lipinski definition) is 1. The van der Waals surface area contributed by atoms with Crippen LogP contribution in [0.3, 0.4) is 0 Å². The summed E-state index contributed by atoms with van der Waals surface area (Å²) in [5.74, 6) is 0.787. The summed E-state index contributed by atoms with van der Waals surface area (Å²) in [6.07, 6.45) is 5.97. The van der Waals surface area contributed by atoms with Gasteiger partial charge >= 0.3 is 0 Å². The molecule has 1 saturated heterocycles. The molecule has 2 aliphatic rings. The third-order valence-electron chi connectivity index (χ3n) is 4.13. The summed E-state index contributed by atoms with van der Waals surface area (Å²) >= 11 is 0. The zero-order valence-electron chi connectivity index (χ0n) is 12.3. The fraction of sp³-hybridized carbons (Fsp3) is 1.00. The van der Waals surface area contributed by atoms with Crippen molar-refractivity contribution in [3.63, 3.8) is 0 Å². The Kier molecular flexibility index (Phi) is 5.46. The monoisotopic (exact) mass is 254 g/mol. The number of hydrogen-bond acceptors (Lipinski definition) is 3. The van der Waals surface area contributed by atoms with Gasteiger partial charge in [-0.05, 0) is 38.1 Å². The lowest BCUT2D eigenvalue weighted by molar-refractivity contribution is -0.0845. The van der Waals surface area contributed by atoms with E-state index in [0.717, 1.165) is 18.5 Å². The Hall–Kier alpha value is -0.120. The highest BCUT2D eigenvalue weighted by Crippen LogP contribution is 2.27. The number of rotatable bonds is 6. The molecular weight excluding hydrogens is 224 g/mol. The molecule has 1 aliphatic heterocycles. The summed E-state index contributed by atoms with van der Waals surface area (Å²) in [4.78, 5) is 2.59. The van der Waals surface area contributed by atoms with Gasteiger partial charge in [-0.3, -0.25) is 0 Å². The first-order valence-corrected chi connectivity index (χ1v) is 7.78. The molecule has 0 spiro atoms. The van der Waals surface area contributed by atoms with Crippen molar-refractivity contribution in [3.05, 3.63) is 0 Å². The van der Waals surface area contributed by atoms with Gasteiger partial charge in [0.15, 0.2) is 0 Å². The minimum Gasteiger partial charge on any atom is -0.375 e. The minimum atomic E-state index is 0.529. The zero-order chi connectivity index (χ0) is 13.0. The van der Waals surface area contributed by atoms with E-state index in [-0.39, 0.29) is 0 Å². The zero-order valence-corrected chi connectivity index (χ0v) is 12.3. The van der Waals surface area contributed by atoms with E-state index in [1.165, 1.54) is 45.3 Å². The first-order valence-electron chi connectivity index (χ1n) is 7.78. The van der Waals surface area contributed by atoms with Crippen molar-refractivity contribution in [1.82, 2.24) is 10.2 Å². The minimum absolute atomic E-state index is 0.529. The first-order chi connectivity index (χ1) is 8.67. The molecule has 0 aromatic carbocycles. The number of piperidine rings is 1. The molecular formula is C15H30N2O. The first kappa shape index (κ1) is 14.3. The van der Waals surface area contributed by atoms with Crippen LogP contribution in [0, 0.1) is 5.92 Å². The van der Waals surface area contributed by atoms with E-state index in [1.54, 1.807) is 0 Å². The van der Waals surface area contributed by atoms with Gasteiger partial charge in [0.1, 0.15) is 0 Å². The van der Waals surface area contributed by atoms with E-state index in [2.05, 4.69) is 31.0 Å². The van der Waals surface area contributed by atoms with Crippen molar-refractivity contribution in [2.75, 3.05) is 26.2 Å². The van der Waals surface area contributed by atoms with Crippen molar-refractivity contribution >= 4 is 0 Å². The molecule has 0 unspecified atom stereocenters. The summed E-state index contributed by atoms with van der Waals surface area (Å²) in [5, 5.41) is 3.49. The van der Waals surface area contributed by atoms with E-state index < -0.39 is 0 Å². The number of nitrogens with zero attached hydrogens (tertiary/aromatic N) is 1. The molecule has 0 amide bonds. The highest BCUT2D eigenvalue weighted by atomic mass is 16.5. The fourth-order valence-corrected chi connectivity index (χ4v) is 3.15. The van der Waals surface area contributed by atoms with E-state index in [1.807, 2.05) is 0 Å². The molecule has 2 fully saturated rings. The molecule has 2 rings (SSSR count). The second kappa shape index (κ2) is 6.88. The summed E-state index contributed by atoms with van der Waals surface area (Å²) < 4.78 is 6.19. The summed E-state index contributed by atoms with van der Waals surface area (Å²) in [6.45, 7) is 11.6. The summed E-state index contributed by atoms with van der Waals surface area (Å²) in [5.41, 5.74) is 0. The lowest BCUT2D eigenvalue weighted by Gasteiger charge is -2.40. The van der Waals surface area contributed by atoms with Crippen LogP contribution in [-0.4, -0.2) is 49.3 Å². The van der Waals surface area contributed by atoms with Gasteiger partial charge in [-0.2, -0.15) is 0 Å². The van der Waals surface area contributed by atoms with Crippen molar-refractivity contribution < 1.29 is 4.74 Å². The Morgan fingerprint density at radius 2 is 1.83 bits per heavy atom. The van der Waals surface area contributed by atoms with Crippen LogP contribution in [0.2, 0.25) is 0 Å². The molecule has 1 aliphatic carbocycles. The molecule has 106 valence electrons. The molecule has 3 nitrogen and oxygen atoms in total. The average Bonchev–Trinajstić information content (AvgIpc) is 2.28. The normalized spacial score (nSPS) is 30.7. The van der Waals surface area contributed by atoms with Crippen molar-refractivity contribution in [1.29, 1.82) is 0 Å². The molecule has 1 N–H and O–H groups in total. The van der Waals surface area contributed by atoms with Crippen LogP contribution < -0.4 is 5.32 Å². The van der Waals surface area contributed by atoms with Crippen LogP contribution >= 0.6 is 0 Å². The second-order valence-corrected chi connectivity index (χ2v) is 6.38. The van der Waals surface area contributed by atoms with E-state index in [9.17, 15) is 0 Å². The van der Waals surface area contributed by atoms with Gasteiger partial charge in [0.05, 0.1) is 12.2 Å². The predicted octanol–water partition coefficient (Wildman–Crippen LogP) is 2.26. The Balaban J connectivity index is 1.57. The molecule has 0 aromatic heterocycles. The van der Waals surface area contributed by atoms with Crippen LogP contribution in [0.4, 0.5) is 0 Å². The Bertz CT molecular complexity index is 231. The fourth-order valence-electron chi connectivity index (χ4n) is 3.15. The van der Waals surface area contributed by atoms with Gasteiger partial charge in [0.25, 0.3) is 0 Å². The van der Waals surface area contributed by atoms with Crippen LogP contribution in [-0.2, 0) is 4.74 Å². The summed E-state index contributed by atoms with van der Waals surface area (Å²) in [6, 6.07) is 0.723. The molecule has 18 heavy (non-hydrogen) atoms. The van der Waals surface area contributed by atoms with Gasteiger partial charge in [-0.1, -0.05) is 20.8 Å². The topological polar surface area (TPSA) is 24.5 Å². The molecule has 0 aromatic rings. The maximum atomic E-state index is 6.19. The lowest BCUT2D eigenvalue weighted by Crippen LogP contribution is -2.48. The molecule has 1 heterocycles. The third-order valence-corrected chi connectivity index (χ3v) is 4.13. The van der Waals surface area contributed by atoms with Crippen molar-refractivity contribution in [2.24, 2.45) is 5.92 Å². The van der Waals surface area contributed by atoms with Gasteiger partial charge < -0.3 is 15.0 Å². The molecule has 0 radical (unpaired) electrons. The van der Waals surface area contributed by atoms with Crippen molar-refractivity contribution in [2.45, 2.75) is 64.7 Å². The van der Waals surface area contributed by atoms with Gasteiger partial charge in [-0.15, -0.1) is 0 Å². The SMILES string of the molecule is CCN[C@H]1C[C@H](OC2CCN(CC(C)C)CC2)C1. The van der Waals surface area contributed by atoms with E-state index >= 15 is 0 Å².